The van der Waals surface area contributed by atoms with E-state index in [1.54, 1.807) is 0 Å². The minimum Gasteiger partial charge on any atom is -0.490 e. The molecule has 178 valence electrons. The number of amides is 1. The molecule has 0 radical (unpaired) electrons. The molecule has 1 aliphatic heterocycles. The fourth-order valence-corrected chi connectivity index (χ4v) is 5.03. The number of ether oxygens (including phenoxy) is 1. The molecule has 0 bridgehead atoms. The predicted molar refractivity (Wildman–Crippen MR) is 132 cm³/mol. The van der Waals surface area contributed by atoms with Gasteiger partial charge in [-0.25, -0.2) is 0 Å². The second-order valence-electron chi connectivity index (χ2n) is 10.7. The topological polar surface area (TPSA) is 54.5 Å². The first-order valence-electron chi connectivity index (χ1n) is 12.6. The van der Waals surface area contributed by atoms with Gasteiger partial charge in [-0.3, -0.25) is 14.7 Å². The molecule has 1 amide bonds. The highest BCUT2D eigenvalue weighted by Crippen LogP contribution is 2.32. The quantitative estimate of drug-likeness (QED) is 0.605. The summed E-state index contributed by atoms with van der Waals surface area (Å²) in [5, 5.41) is 3.33. The van der Waals surface area contributed by atoms with Crippen LogP contribution in [-0.2, 0) is 11.3 Å². The van der Waals surface area contributed by atoms with Crippen molar-refractivity contribution in [1.82, 2.24) is 15.2 Å². The number of carbonyl (C=O) groups is 1. The number of rotatable bonds is 7. The molecule has 2 aliphatic rings. The Morgan fingerprint density at radius 1 is 1.09 bits per heavy atom. The van der Waals surface area contributed by atoms with Crippen LogP contribution in [0.5, 0.6) is 5.75 Å². The lowest BCUT2D eigenvalue weighted by Crippen LogP contribution is -2.45. The molecule has 2 aromatic rings. The fourth-order valence-electron chi connectivity index (χ4n) is 5.03. The number of carbonyl (C=O) groups excluding carboxylic acids is 1. The Morgan fingerprint density at radius 2 is 1.85 bits per heavy atom. The normalized spacial score (nSPS) is 21.0. The van der Waals surface area contributed by atoms with Crippen LogP contribution in [0.4, 0.5) is 0 Å². The van der Waals surface area contributed by atoms with Gasteiger partial charge in [-0.2, -0.15) is 0 Å². The molecule has 2 heterocycles. The summed E-state index contributed by atoms with van der Waals surface area (Å²) in [5.74, 6) is 1.43. The molecule has 0 unspecified atom stereocenters. The standard InChI is InChI=1S/C28H39N3O2/c1-28(2,3)27(32)30-26(24-15-8-9-17-29-24)22-12-10-18-31(20-22)19-21-11-4-7-16-25(21)33-23-13-5-6-14-23/h4,7-9,11,15-17,22-23,26H,5-6,10,12-14,18-20H2,1-3H3,(H,30,32)/t22-,26+/m1/s1. The summed E-state index contributed by atoms with van der Waals surface area (Å²) in [5.41, 5.74) is 1.78. The number of pyridine rings is 1. The Bertz CT molecular complexity index is 903. The first-order valence-corrected chi connectivity index (χ1v) is 12.6. The maximum absolute atomic E-state index is 12.9. The van der Waals surface area contributed by atoms with Crippen molar-refractivity contribution in [2.45, 2.75) is 78.0 Å². The number of hydrogen-bond acceptors (Lipinski definition) is 4. The van der Waals surface area contributed by atoms with E-state index in [1.807, 2.05) is 45.2 Å². The molecule has 5 nitrogen and oxygen atoms in total. The lowest BCUT2D eigenvalue weighted by molar-refractivity contribution is -0.130. The van der Waals surface area contributed by atoms with Crippen LogP contribution in [-0.4, -0.2) is 35.0 Å². The van der Waals surface area contributed by atoms with Gasteiger partial charge in [0.25, 0.3) is 0 Å². The number of nitrogens with zero attached hydrogens (tertiary/aromatic N) is 2. The highest BCUT2D eigenvalue weighted by Gasteiger charge is 2.33. The highest BCUT2D eigenvalue weighted by atomic mass is 16.5. The lowest BCUT2D eigenvalue weighted by atomic mass is 9.86. The largest absolute Gasteiger partial charge is 0.490 e. The van der Waals surface area contributed by atoms with Crippen LogP contribution in [0.3, 0.4) is 0 Å². The molecule has 5 heteroatoms. The first-order chi connectivity index (χ1) is 15.9. The SMILES string of the molecule is CC(C)(C)C(=O)N[C@H](c1ccccn1)[C@@H]1CCCN(Cc2ccccc2OC2CCCC2)C1. The van der Waals surface area contributed by atoms with E-state index in [-0.39, 0.29) is 11.9 Å². The number of nitrogens with one attached hydrogen (secondary N) is 1. The predicted octanol–water partition coefficient (Wildman–Crippen LogP) is 5.52. The van der Waals surface area contributed by atoms with Gasteiger partial charge in [0.15, 0.2) is 0 Å². The van der Waals surface area contributed by atoms with E-state index in [9.17, 15) is 4.79 Å². The Morgan fingerprint density at radius 3 is 2.58 bits per heavy atom. The molecule has 33 heavy (non-hydrogen) atoms. The van der Waals surface area contributed by atoms with Crippen molar-refractivity contribution in [2.75, 3.05) is 13.1 Å². The Labute approximate surface area is 198 Å². The van der Waals surface area contributed by atoms with Gasteiger partial charge < -0.3 is 10.1 Å². The van der Waals surface area contributed by atoms with Crippen LogP contribution in [0.1, 0.15) is 76.6 Å². The maximum atomic E-state index is 12.9. The van der Waals surface area contributed by atoms with Crippen LogP contribution < -0.4 is 10.1 Å². The summed E-state index contributed by atoms with van der Waals surface area (Å²) in [7, 11) is 0. The zero-order valence-electron chi connectivity index (χ0n) is 20.4. The second-order valence-corrected chi connectivity index (χ2v) is 10.7. The smallest absolute Gasteiger partial charge is 0.225 e. The first kappa shape index (κ1) is 23.7. The van der Waals surface area contributed by atoms with Gasteiger partial charge in [0, 0.05) is 30.3 Å². The Hall–Kier alpha value is -2.40. The van der Waals surface area contributed by atoms with Gasteiger partial charge >= 0.3 is 0 Å². The molecular formula is C28H39N3O2. The van der Waals surface area contributed by atoms with Crippen LogP contribution in [0, 0.1) is 11.3 Å². The summed E-state index contributed by atoms with van der Waals surface area (Å²) >= 11 is 0. The van der Waals surface area contributed by atoms with E-state index < -0.39 is 5.41 Å². The van der Waals surface area contributed by atoms with Gasteiger partial charge in [-0.15, -0.1) is 0 Å². The molecular weight excluding hydrogens is 410 g/mol. The summed E-state index contributed by atoms with van der Waals surface area (Å²) in [6, 6.07) is 14.4. The lowest BCUT2D eigenvalue weighted by Gasteiger charge is -2.38. The average molecular weight is 450 g/mol. The minimum atomic E-state index is -0.433. The summed E-state index contributed by atoms with van der Waals surface area (Å²) in [6.45, 7) is 8.77. The summed E-state index contributed by atoms with van der Waals surface area (Å²) < 4.78 is 6.39. The highest BCUT2D eigenvalue weighted by molar-refractivity contribution is 5.81. The Balaban J connectivity index is 1.48. The molecule has 1 aliphatic carbocycles. The van der Waals surface area contributed by atoms with Crippen molar-refractivity contribution in [1.29, 1.82) is 0 Å². The number of para-hydroxylation sites is 1. The van der Waals surface area contributed by atoms with Crippen molar-refractivity contribution in [2.24, 2.45) is 11.3 Å². The van der Waals surface area contributed by atoms with E-state index in [1.165, 1.54) is 31.2 Å². The van der Waals surface area contributed by atoms with E-state index >= 15 is 0 Å². The monoisotopic (exact) mass is 449 g/mol. The summed E-state index contributed by atoms with van der Waals surface area (Å²) in [4.78, 5) is 20.0. The molecule has 1 aromatic heterocycles. The maximum Gasteiger partial charge on any atom is 0.225 e. The van der Waals surface area contributed by atoms with E-state index in [0.717, 1.165) is 43.9 Å². The number of piperidine rings is 1. The molecule has 1 saturated carbocycles. The van der Waals surface area contributed by atoms with Crippen LogP contribution in [0.25, 0.3) is 0 Å². The second kappa shape index (κ2) is 10.7. The third-order valence-corrected chi connectivity index (χ3v) is 6.95. The molecule has 2 fully saturated rings. The van der Waals surface area contributed by atoms with E-state index in [4.69, 9.17) is 4.74 Å². The van der Waals surface area contributed by atoms with E-state index in [0.29, 0.717) is 12.0 Å². The van der Waals surface area contributed by atoms with Crippen molar-refractivity contribution in [3.63, 3.8) is 0 Å². The van der Waals surface area contributed by atoms with Gasteiger partial charge in [-0.05, 0) is 69.2 Å². The number of hydrogen-bond donors (Lipinski definition) is 1. The zero-order chi connectivity index (χ0) is 23.3. The van der Waals surface area contributed by atoms with Crippen LogP contribution >= 0.6 is 0 Å². The molecule has 0 spiro atoms. The third-order valence-electron chi connectivity index (χ3n) is 6.95. The minimum absolute atomic E-state index is 0.0746. The van der Waals surface area contributed by atoms with Crippen molar-refractivity contribution < 1.29 is 9.53 Å². The van der Waals surface area contributed by atoms with Gasteiger partial charge in [0.1, 0.15) is 5.75 Å². The number of benzene rings is 1. The fraction of sp³-hybridized carbons (Fsp3) is 0.571. The van der Waals surface area contributed by atoms with Crippen LogP contribution in [0.2, 0.25) is 0 Å². The molecule has 1 aromatic carbocycles. The van der Waals surface area contributed by atoms with Gasteiger partial charge in [0.2, 0.25) is 5.91 Å². The Kier molecular flexibility index (Phi) is 7.69. The molecule has 1 saturated heterocycles. The summed E-state index contributed by atoms with van der Waals surface area (Å²) in [6.07, 6.45) is 9.27. The van der Waals surface area contributed by atoms with E-state index in [2.05, 4.69) is 39.5 Å². The molecule has 4 rings (SSSR count). The number of likely N-dealkylation sites (tertiary alicyclic amines) is 1. The number of aromatic nitrogens is 1. The van der Waals surface area contributed by atoms with Crippen LogP contribution in [0.15, 0.2) is 48.7 Å². The van der Waals surface area contributed by atoms with Crippen molar-refractivity contribution in [3.8, 4) is 5.75 Å². The zero-order valence-corrected chi connectivity index (χ0v) is 20.4. The van der Waals surface area contributed by atoms with Gasteiger partial charge in [0.05, 0.1) is 17.8 Å². The van der Waals surface area contributed by atoms with Gasteiger partial charge in [-0.1, -0.05) is 45.0 Å². The van der Waals surface area contributed by atoms with Crippen molar-refractivity contribution >= 4 is 5.91 Å². The van der Waals surface area contributed by atoms with Crippen molar-refractivity contribution in [3.05, 3.63) is 59.9 Å². The molecule has 2 atom stereocenters. The third kappa shape index (κ3) is 6.35. The average Bonchev–Trinajstić information content (AvgIpc) is 3.32. The molecule has 1 N–H and O–H groups in total.